The fourth-order valence-corrected chi connectivity index (χ4v) is 3.78. The molecule has 1 N–H and O–H groups in total. The molecule has 1 aliphatic heterocycles. The quantitative estimate of drug-likeness (QED) is 0.849. The molecule has 0 spiro atoms. The molecular formula is C21H23NO2. The summed E-state index contributed by atoms with van der Waals surface area (Å²) in [5.74, 6) is -1.04. The number of carboxylic acids is 1. The SMILES string of the molecule is C=CC(c1ccccc1)(c1ccccc1)N1CCCC(C(=O)O)C1. The minimum absolute atomic E-state index is 0.328. The highest BCUT2D eigenvalue weighted by Gasteiger charge is 2.41. The van der Waals surface area contributed by atoms with Crippen molar-refractivity contribution < 1.29 is 9.90 Å². The Morgan fingerprint density at radius 3 is 2.08 bits per heavy atom. The van der Waals surface area contributed by atoms with E-state index in [0.29, 0.717) is 6.54 Å². The molecule has 0 radical (unpaired) electrons. The van der Waals surface area contributed by atoms with E-state index >= 15 is 0 Å². The van der Waals surface area contributed by atoms with Gasteiger partial charge in [-0.25, -0.2) is 0 Å². The van der Waals surface area contributed by atoms with E-state index in [0.717, 1.165) is 30.5 Å². The zero-order chi connectivity index (χ0) is 17.0. The molecule has 1 aliphatic rings. The van der Waals surface area contributed by atoms with E-state index in [1.165, 1.54) is 0 Å². The molecule has 2 aromatic carbocycles. The number of hydrogen-bond donors (Lipinski definition) is 1. The van der Waals surface area contributed by atoms with Gasteiger partial charge in [0.2, 0.25) is 0 Å². The first-order valence-electron chi connectivity index (χ1n) is 8.41. The second-order valence-corrected chi connectivity index (χ2v) is 6.33. The van der Waals surface area contributed by atoms with Crippen LogP contribution in [0.4, 0.5) is 0 Å². The molecule has 3 rings (SSSR count). The van der Waals surface area contributed by atoms with Crippen molar-refractivity contribution >= 4 is 5.97 Å². The van der Waals surface area contributed by atoms with Crippen LogP contribution in [-0.2, 0) is 10.3 Å². The molecule has 0 aliphatic carbocycles. The van der Waals surface area contributed by atoms with Gasteiger partial charge in [0, 0.05) is 6.54 Å². The van der Waals surface area contributed by atoms with Crippen molar-refractivity contribution in [2.45, 2.75) is 18.4 Å². The van der Waals surface area contributed by atoms with Crippen LogP contribution in [0.3, 0.4) is 0 Å². The first kappa shape index (κ1) is 16.5. The van der Waals surface area contributed by atoms with Gasteiger partial charge in [0.1, 0.15) is 0 Å². The van der Waals surface area contributed by atoms with Crippen LogP contribution in [-0.4, -0.2) is 29.1 Å². The van der Waals surface area contributed by atoms with Crippen molar-refractivity contribution in [1.82, 2.24) is 4.90 Å². The van der Waals surface area contributed by atoms with E-state index in [-0.39, 0.29) is 5.92 Å². The van der Waals surface area contributed by atoms with Crippen LogP contribution in [0.15, 0.2) is 73.3 Å². The summed E-state index contributed by atoms with van der Waals surface area (Å²) in [4.78, 5) is 13.8. The summed E-state index contributed by atoms with van der Waals surface area (Å²) < 4.78 is 0. The van der Waals surface area contributed by atoms with Gasteiger partial charge in [-0.3, -0.25) is 9.69 Å². The van der Waals surface area contributed by atoms with Crippen LogP contribution in [0.2, 0.25) is 0 Å². The summed E-state index contributed by atoms with van der Waals surface area (Å²) in [6.07, 6.45) is 3.58. The molecule has 1 atom stereocenters. The Morgan fingerprint density at radius 1 is 1.08 bits per heavy atom. The summed E-state index contributed by atoms with van der Waals surface area (Å²) in [6, 6.07) is 20.5. The lowest BCUT2D eigenvalue weighted by Gasteiger charge is -2.46. The molecule has 0 saturated carbocycles. The van der Waals surface area contributed by atoms with Gasteiger partial charge in [-0.15, -0.1) is 6.58 Å². The molecular weight excluding hydrogens is 298 g/mol. The van der Waals surface area contributed by atoms with Crippen molar-refractivity contribution in [2.24, 2.45) is 5.92 Å². The van der Waals surface area contributed by atoms with Crippen molar-refractivity contribution in [3.8, 4) is 0 Å². The zero-order valence-electron chi connectivity index (χ0n) is 13.8. The third-order valence-corrected chi connectivity index (χ3v) is 4.99. The Kier molecular flexibility index (Phi) is 4.81. The van der Waals surface area contributed by atoms with E-state index in [2.05, 4.69) is 35.7 Å². The highest BCUT2D eigenvalue weighted by atomic mass is 16.4. The number of nitrogens with zero attached hydrogens (tertiary/aromatic N) is 1. The molecule has 24 heavy (non-hydrogen) atoms. The molecule has 124 valence electrons. The minimum atomic E-state index is -0.709. The van der Waals surface area contributed by atoms with Gasteiger partial charge >= 0.3 is 5.97 Å². The highest BCUT2D eigenvalue weighted by molar-refractivity contribution is 5.70. The largest absolute Gasteiger partial charge is 0.481 e. The molecule has 1 saturated heterocycles. The predicted molar refractivity (Wildman–Crippen MR) is 95.8 cm³/mol. The molecule has 0 aromatic heterocycles. The van der Waals surface area contributed by atoms with Gasteiger partial charge in [0.25, 0.3) is 0 Å². The van der Waals surface area contributed by atoms with E-state index in [4.69, 9.17) is 0 Å². The second-order valence-electron chi connectivity index (χ2n) is 6.33. The molecule has 0 amide bonds. The number of carbonyl (C=O) groups is 1. The number of likely N-dealkylation sites (tertiary alicyclic amines) is 1. The molecule has 1 unspecified atom stereocenters. The number of benzene rings is 2. The monoisotopic (exact) mass is 321 g/mol. The Bertz CT molecular complexity index is 657. The molecule has 2 aromatic rings. The summed E-state index contributed by atoms with van der Waals surface area (Å²) in [7, 11) is 0. The van der Waals surface area contributed by atoms with E-state index in [1.807, 2.05) is 42.5 Å². The fraction of sp³-hybridized carbons (Fsp3) is 0.286. The standard InChI is InChI=1S/C21H23NO2/c1-2-21(18-11-5-3-6-12-18,19-13-7-4-8-14-19)22-15-9-10-17(16-22)20(23)24/h2-8,11-14,17H,1,9-10,15-16H2,(H,23,24). The Balaban J connectivity index is 2.11. The maximum atomic E-state index is 11.5. The van der Waals surface area contributed by atoms with E-state index < -0.39 is 11.5 Å². The van der Waals surface area contributed by atoms with Crippen LogP contribution >= 0.6 is 0 Å². The topological polar surface area (TPSA) is 40.5 Å². The van der Waals surface area contributed by atoms with Gasteiger partial charge < -0.3 is 5.11 Å². The van der Waals surface area contributed by atoms with Crippen LogP contribution in [0.5, 0.6) is 0 Å². The number of rotatable bonds is 5. The Hall–Kier alpha value is -2.39. The normalized spacial score (nSPS) is 18.9. The summed E-state index contributed by atoms with van der Waals surface area (Å²) in [5, 5.41) is 9.48. The average Bonchev–Trinajstić information content (AvgIpc) is 2.65. The van der Waals surface area contributed by atoms with Crippen molar-refractivity contribution in [2.75, 3.05) is 13.1 Å². The van der Waals surface area contributed by atoms with Crippen molar-refractivity contribution in [1.29, 1.82) is 0 Å². The van der Waals surface area contributed by atoms with E-state index in [1.54, 1.807) is 0 Å². The zero-order valence-corrected chi connectivity index (χ0v) is 13.8. The molecule has 0 bridgehead atoms. The second kappa shape index (κ2) is 7.02. The van der Waals surface area contributed by atoms with Crippen LogP contribution in [0.1, 0.15) is 24.0 Å². The van der Waals surface area contributed by atoms with Crippen molar-refractivity contribution in [3.05, 3.63) is 84.4 Å². The average molecular weight is 321 g/mol. The highest BCUT2D eigenvalue weighted by Crippen LogP contribution is 2.39. The summed E-state index contributed by atoms with van der Waals surface area (Å²) >= 11 is 0. The molecule has 3 nitrogen and oxygen atoms in total. The smallest absolute Gasteiger partial charge is 0.307 e. The number of piperidine rings is 1. The van der Waals surface area contributed by atoms with Gasteiger partial charge in [-0.05, 0) is 30.5 Å². The third kappa shape index (κ3) is 2.87. The first-order valence-corrected chi connectivity index (χ1v) is 8.41. The van der Waals surface area contributed by atoms with Gasteiger partial charge in [0.05, 0.1) is 11.5 Å². The maximum Gasteiger partial charge on any atom is 0.307 e. The summed E-state index contributed by atoms with van der Waals surface area (Å²) in [6.45, 7) is 5.54. The van der Waals surface area contributed by atoms with Crippen molar-refractivity contribution in [3.63, 3.8) is 0 Å². The third-order valence-electron chi connectivity index (χ3n) is 4.99. The van der Waals surface area contributed by atoms with E-state index in [9.17, 15) is 9.90 Å². The molecule has 1 heterocycles. The number of aliphatic carboxylic acids is 1. The lowest BCUT2D eigenvalue weighted by molar-refractivity contribution is -0.144. The van der Waals surface area contributed by atoms with Gasteiger partial charge in [-0.2, -0.15) is 0 Å². The summed E-state index contributed by atoms with van der Waals surface area (Å²) in [5.41, 5.74) is 1.74. The minimum Gasteiger partial charge on any atom is -0.481 e. The molecule has 1 fully saturated rings. The Morgan fingerprint density at radius 2 is 1.62 bits per heavy atom. The lowest BCUT2D eigenvalue weighted by Crippen LogP contribution is -2.51. The lowest BCUT2D eigenvalue weighted by atomic mass is 9.79. The predicted octanol–water partition coefficient (Wildman–Crippen LogP) is 3.91. The number of hydrogen-bond acceptors (Lipinski definition) is 2. The van der Waals surface area contributed by atoms with Crippen LogP contribution < -0.4 is 0 Å². The van der Waals surface area contributed by atoms with Gasteiger partial charge in [-0.1, -0.05) is 66.7 Å². The first-order chi connectivity index (χ1) is 11.7. The maximum absolute atomic E-state index is 11.5. The molecule has 3 heteroatoms. The Labute approximate surface area is 143 Å². The number of carboxylic acid groups (broad SMARTS) is 1. The van der Waals surface area contributed by atoms with Crippen LogP contribution in [0.25, 0.3) is 0 Å². The van der Waals surface area contributed by atoms with Crippen LogP contribution in [0, 0.1) is 5.92 Å². The van der Waals surface area contributed by atoms with Gasteiger partial charge in [0.15, 0.2) is 0 Å². The fourth-order valence-electron chi connectivity index (χ4n) is 3.78.